The highest BCUT2D eigenvalue weighted by Gasteiger charge is 2.45. The minimum Gasteiger partial charge on any atom is -0.481 e. The van der Waals surface area contributed by atoms with E-state index in [0.29, 0.717) is 13.1 Å². The third kappa shape index (κ3) is 6.83. The van der Waals surface area contributed by atoms with Gasteiger partial charge in [0.1, 0.15) is 0 Å². The molecule has 1 atom stereocenters. The fourth-order valence-corrected chi connectivity index (χ4v) is 1.84. The Balaban J connectivity index is 4.75. The molecule has 0 aromatic rings. The number of hydrogen-bond donors (Lipinski definition) is 1. The van der Waals surface area contributed by atoms with Crippen LogP contribution in [0.15, 0.2) is 0 Å². The van der Waals surface area contributed by atoms with E-state index in [2.05, 4.69) is 0 Å². The minimum atomic E-state index is -4.70. The summed E-state index contributed by atoms with van der Waals surface area (Å²) in [6.45, 7) is 8.06. The fourth-order valence-electron chi connectivity index (χ4n) is 1.84. The van der Waals surface area contributed by atoms with E-state index in [1.165, 1.54) is 0 Å². The highest BCUT2D eigenvalue weighted by Crippen LogP contribution is 2.27. The molecule has 0 saturated carbocycles. The Morgan fingerprint density at radius 3 is 1.67 bits per heavy atom. The van der Waals surface area contributed by atoms with Crippen LogP contribution < -0.4 is 0 Å². The molecule has 0 aromatic carbocycles. The van der Waals surface area contributed by atoms with E-state index in [4.69, 9.17) is 5.11 Å². The topological polar surface area (TPSA) is 40.5 Å². The van der Waals surface area contributed by atoms with Gasteiger partial charge in [-0.05, 0) is 11.8 Å². The molecular weight excluding hydrogens is 247 g/mol. The molecule has 0 bridgehead atoms. The van der Waals surface area contributed by atoms with E-state index < -0.39 is 24.6 Å². The summed E-state index contributed by atoms with van der Waals surface area (Å²) in [4.78, 5) is 12.3. The molecule has 3 nitrogen and oxygen atoms in total. The molecule has 18 heavy (non-hydrogen) atoms. The lowest BCUT2D eigenvalue weighted by atomic mass is 10.1. The Labute approximate surface area is 106 Å². The van der Waals surface area contributed by atoms with Crippen LogP contribution in [0.4, 0.5) is 13.2 Å². The summed E-state index contributed by atoms with van der Waals surface area (Å²) in [6.07, 6.45) is -4.70. The molecule has 0 amide bonds. The van der Waals surface area contributed by atoms with Crippen molar-refractivity contribution in [3.8, 4) is 0 Å². The van der Waals surface area contributed by atoms with Crippen LogP contribution in [0.2, 0.25) is 0 Å². The van der Waals surface area contributed by atoms with Crippen LogP contribution >= 0.6 is 0 Å². The normalized spacial score (nSPS) is 14.6. The van der Waals surface area contributed by atoms with Crippen molar-refractivity contribution in [3.63, 3.8) is 0 Å². The second-order valence-electron chi connectivity index (χ2n) is 5.44. The van der Waals surface area contributed by atoms with Crippen LogP contribution in [0, 0.1) is 17.8 Å². The Kier molecular flexibility index (Phi) is 6.67. The molecule has 0 aliphatic carbocycles. The summed E-state index contributed by atoms with van der Waals surface area (Å²) in [7, 11) is 0. The SMILES string of the molecule is CC(C)CN(CC(C)C)CC(C(=O)O)C(F)(F)F. The summed E-state index contributed by atoms with van der Waals surface area (Å²) < 4.78 is 37.8. The maximum Gasteiger partial charge on any atom is 0.403 e. The van der Waals surface area contributed by atoms with Crippen molar-refractivity contribution in [2.45, 2.75) is 33.9 Å². The van der Waals surface area contributed by atoms with Crippen LogP contribution in [0.3, 0.4) is 0 Å². The van der Waals surface area contributed by atoms with Gasteiger partial charge in [-0.25, -0.2) is 0 Å². The van der Waals surface area contributed by atoms with Gasteiger partial charge in [0.25, 0.3) is 0 Å². The third-order valence-electron chi connectivity index (χ3n) is 2.38. The van der Waals surface area contributed by atoms with E-state index in [-0.39, 0.29) is 11.8 Å². The number of carbonyl (C=O) groups is 1. The van der Waals surface area contributed by atoms with Crippen molar-refractivity contribution in [1.82, 2.24) is 4.90 Å². The van der Waals surface area contributed by atoms with Crippen LogP contribution in [0.25, 0.3) is 0 Å². The molecule has 0 heterocycles. The molecule has 0 rings (SSSR count). The third-order valence-corrected chi connectivity index (χ3v) is 2.38. The summed E-state index contributed by atoms with van der Waals surface area (Å²) >= 11 is 0. The number of halogens is 3. The largest absolute Gasteiger partial charge is 0.481 e. The quantitative estimate of drug-likeness (QED) is 0.772. The van der Waals surface area contributed by atoms with Crippen LogP contribution in [0.5, 0.6) is 0 Å². The van der Waals surface area contributed by atoms with Crippen LogP contribution in [-0.2, 0) is 4.79 Å². The Hall–Kier alpha value is -0.780. The number of nitrogens with zero attached hydrogens (tertiary/aromatic N) is 1. The molecule has 0 aliphatic heterocycles. The number of carboxylic acid groups (broad SMARTS) is 1. The van der Waals surface area contributed by atoms with Gasteiger partial charge < -0.3 is 10.0 Å². The first-order valence-corrected chi connectivity index (χ1v) is 6.05. The molecular formula is C12H22F3NO2. The Morgan fingerprint density at radius 1 is 1.06 bits per heavy atom. The zero-order valence-corrected chi connectivity index (χ0v) is 11.3. The van der Waals surface area contributed by atoms with E-state index >= 15 is 0 Å². The van der Waals surface area contributed by atoms with Crippen molar-refractivity contribution >= 4 is 5.97 Å². The van der Waals surface area contributed by atoms with Crippen molar-refractivity contribution in [2.75, 3.05) is 19.6 Å². The first kappa shape index (κ1) is 17.2. The number of carboxylic acids is 1. The molecule has 1 N–H and O–H groups in total. The number of rotatable bonds is 7. The van der Waals surface area contributed by atoms with Gasteiger partial charge >= 0.3 is 12.1 Å². The first-order chi connectivity index (χ1) is 8.04. The number of alkyl halides is 3. The standard InChI is InChI=1S/C12H22F3NO2/c1-8(2)5-16(6-9(3)4)7-10(11(17)18)12(13,14)15/h8-10H,5-7H2,1-4H3,(H,17,18). The zero-order chi connectivity index (χ0) is 14.5. The van der Waals surface area contributed by atoms with Gasteiger partial charge in [-0.1, -0.05) is 27.7 Å². The predicted octanol–water partition coefficient (Wildman–Crippen LogP) is 2.86. The van der Waals surface area contributed by atoms with Gasteiger partial charge in [0, 0.05) is 19.6 Å². The van der Waals surface area contributed by atoms with E-state index in [1.54, 1.807) is 4.90 Å². The second-order valence-corrected chi connectivity index (χ2v) is 5.44. The molecule has 0 fully saturated rings. The summed E-state index contributed by atoms with van der Waals surface area (Å²) in [5, 5.41) is 8.68. The van der Waals surface area contributed by atoms with Crippen molar-refractivity contribution < 1.29 is 23.1 Å². The van der Waals surface area contributed by atoms with Crippen molar-refractivity contribution in [2.24, 2.45) is 17.8 Å². The first-order valence-electron chi connectivity index (χ1n) is 6.05. The number of hydrogen-bond acceptors (Lipinski definition) is 2. The molecule has 1 unspecified atom stereocenters. The predicted molar refractivity (Wildman–Crippen MR) is 63.3 cm³/mol. The highest BCUT2D eigenvalue weighted by atomic mass is 19.4. The summed E-state index contributed by atoms with van der Waals surface area (Å²) in [6, 6.07) is 0. The van der Waals surface area contributed by atoms with E-state index in [9.17, 15) is 18.0 Å². The van der Waals surface area contributed by atoms with Crippen LogP contribution in [-0.4, -0.2) is 41.8 Å². The Bertz CT molecular complexity index is 255. The van der Waals surface area contributed by atoms with E-state index in [0.717, 1.165) is 0 Å². The van der Waals surface area contributed by atoms with Gasteiger partial charge in [0.05, 0.1) is 0 Å². The average molecular weight is 269 g/mol. The average Bonchev–Trinajstić information content (AvgIpc) is 2.09. The lowest BCUT2D eigenvalue weighted by molar-refractivity contribution is -0.197. The molecule has 0 spiro atoms. The highest BCUT2D eigenvalue weighted by molar-refractivity contribution is 5.71. The van der Waals surface area contributed by atoms with Gasteiger partial charge in [0.2, 0.25) is 0 Å². The lowest BCUT2D eigenvalue weighted by Crippen LogP contribution is -2.43. The summed E-state index contributed by atoms with van der Waals surface area (Å²) in [5.41, 5.74) is 0. The Morgan fingerprint density at radius 2 is 1.44 bits per heavy atom. The van der Waals surface area contributed by atoms with Crippen LogP contribution in [0.1, 0.15) is 27.7 Å². The smallest absolute Gasteiger partial charge is 0.403 e. The molecule has 0 radical (unpaired) electrons. The fraction of sp³-hybridized carbons (Fsp3) is 0.917. The zero-order valence-electron chi connectivity index (χ0n) is 11.3. The minimum absolute atomic E-state index is 0.200. The maximum absolute atomic E-state index is 12.6. The van der Waals surface area contributed by atoms with Gasteiger partial charge in [0.15, 0.2) is 5.92 Å². The molecule has 108 valence electrons. The maximum atomic E-state index is 12.6. The second kappa shape index (κ2) is 6.97. The van der Waals surface area contributed by atoms with E-state index in [1.807, 2.05) is 27.7 Å². The van der Waals surface area contributed by atoms with Gasteiger partial charge in [-0.3, -0.25) is 4.79 Å². The molecule has 0 saturated heterocycles. The molecule has 0 aromatic heterocycles. The monoisotopic (exact) mass is 269 g/mol. The van der Waals surface area contributed by atoms with Gasteiger partial charge in [-0.15, -0.1) is 0 Å². The number of aliphatic carboxylic acids is 1. The van der Waals surface area contributed by atoms with Gasteiger partial charge in [-0.2, -0.15) is 13.2 Å². The lowest BCUT2D eigenvalue weighted by Gasteiger charge is -2.29. The van der Waals surface area contributed by atoms with Crippen molar-refractivity contribution in [1.29, 1.82) is 0 Å². The molecule has 0 aliphatic rings. The van der Waals surface area contributed by atoms with Crippen molar-refractivity contribution in [3.05, 3.63) is 0 Å². The molecule has 6 heteroatoms. The summed E-state index contributed by atoms with van der Waals surface area (Å²) in [5.74, 6) is -3.71.